The molecule has 120 valence electrons. The molecular weight excluding hydrogens is 316 g/mol. The molecule has 2 aromatic carbocycles. The minimum absolute atomic E-state index is 0.0849. The van der Waals surface area contributed by atoms with E-state index >= 15 is 0 Å². The first-order chi connectivity index (χ1) is 11.0. The Bertz CT molecular complexity index is 897. The van der Waals surface area contributed by atoms with Crippen molar-refractivity contribution in [1.82, 2.24) is 9.13 Å². The van der Waals surface area contributed by atoms with E-state index in [1.54, 1.807) is 59.6 Å². The highest BCUT2D eigenvalue weighted by Gasteiger charge is 2.11. The Balaban J connectivity index is 1.78. The number of rotatable bonds is 4. The molecule has 0 aliphatic heterocycles. The highest BCUT2D eigenvalue weighted by Crippen LogP contribution is 2.22. The topological polar surface area (TPSA) is 56.4 Å². The quantitative estimate of drug-likeness (QED) is 0.799. The number of aromatic nitrogens is 2. The van der Waals surface area contributed by atoms with Crippen molar-refractivity contribution in [1.29, 1.82) is 0 Å². The lowest BCUT2D eigenvalue weighted by Gasteiger charge is -2.13. The first-order valence-corrected chi connectivity index (χ1v) is 7.57. The summed E-state index contributed by atoms with van der Waals surface area (Å²) >= 11 is 5.83. The molecule has 6 heteroatoms. The van der Waals surface area contributed by atoms with Crippen LogP contribution in [0.25, 0.3) is 11.0 Å². The minimum atomic E-state index is -0.748. The van der Waals surface area contributed by atoms with E-state index in [-0.39, 0.29) is 12.3 Å². The largest absolute Gasteiger partial charge is 0.490 e. The number of benzene rings is 2. The summed E-state index contributed by atoms with van der Waals surface area (Å²) in [5, 5.41) is 10.8. The molecule has 0 amide bonds. The van der Waals surface area contributed by atoms with Crippen molar-refractivity contribution in [3.05, 3.63) is 63.5 Å². The molecule has 0 aliphatic carbocycles. The van der Waals surface area contributed by atoms with Gasteiger partial charge in [-0.05, 0) is 29.8 Å². The third kappa shape index (κ3) is 2.98. The number of imidazole rings is 1. The van der Waals surface area contributed by atoms with Gasteiger partial charge < -0.3 is 9.84 Å². The summed E-state index contributed by atoms with van der Waals surface area (Å²) in [5.74, 6) is 0.603. The van der Waals surface area contributed by atoms with Crippen molar-refractivity contribution in [2.24, 2.45) is 14.1 Å². The number of fused-ring (bicyclic) bond motifs is 1. The van der Waals surface area contributed by atoms with Gasteiger partial charge in [-0.25, -0.2) is 4.79 Å². The molecule has 0 radical (unpaired) electrons. The molecule has 1 atom stereocenters. The van der Waals surface area contributed by atoms with E-state index in [1.807, 2.05) is 6.07 Å². The van der Waals surface area contributed by atoms with Gasteiger partial charge in [-0.1, -0.05) is 23.7 Å². The second-order valence-electron chi connectivity index (χ2n) is 5.43. The first-order valence-electron chi connectivity index (χ1n) is 7.19. The zero-order valence-electron chi connectivity index (χ0n) is 12.9. The van der Waals surface area contributed by atoms with E-state index in [2.05, 4.69) is 0 Å². The predicted molar refractivity (Wildman–Crippen MR) is 90.1 cm³/mol. The molecule has 1 N–H and O–H groups in total. The molecule has 3 aromatic rings. The lowest BCUT2D eigenvalue weighted by Crippen LogP contribution is -2.19. The number of aryl methyl sites for hydroxylation is 2. The van der Waals surface area contributed by atoms with Gasteiger partial charge in [0.15, 0.2) is 0 Å². The summed E-state index contributed by atoms with van der Waals surface area (Å²) < 4.78 is 8.81. The van der Waals surface area contributed by atoms with Crippen LogP contribution < -0.4 is 10.4 Å². The van der Waals surface area contributed by atoms with Gasteiger partial charge in [-0.15, -0.1) is 0 Å². The van der Waals surface area contributed by atoms with E-state index in [1.165, 1.54) is 0 Å². The van der Waals surface area contributed by atoms with E-state index in [0.29, 0.717) is 10.8 Å². The molecule has 0 aliphatic rings. The van der Waals surface area contributed by atoms with Crippen molar-refractivity contribution in [2.75, 3.05) is 6.61 Å². The van der Waals surface area contributed by atoms with Gasteiger partial charge in [0.05, 0.1) is 11.0 Å². The predicted octanol–water partition coefficient (Wildman–Crippen LogP) is 2.64. The number of aliphatic hydroxyl groups is 1. The summed E-state index contributed by atoms with van der Waals surface area (Å²) in [5.41, 5.74) is 2.28. The maximum absolute atomic E-state index is 11.9. The first kappa shape index (κ1) is 15.6. The number of ether oxygens (including phenoxy) is 1. The fraction of sp³-hybridized carbons (Fsp3) is 0.235. The fourth-order valence-electron chi connectivity index (χ4n) is 2.53. The van der Waals surface area contributed by atoms with Gasteiger partial charge in [0.25, 0.3) is 0 Å². The molecule has 3 rings (SSSR count). The molecule has 1 aromatic heterocycles. The van der Waals surface area contributed by atoms with E-state index in [0.717, 1.165) is 16.6 Å². The Morgan fingerprint density at radius 2 is 1.74 bits per heavy atom. The lowest BCUT2D eigenvalue weighted by molar-refractivity contribution is 0.108. The number of aliphatic hydroxyl groups excluding tert-OH is 1. The summed E-state index contributed by atoms with van der Waals surface area (Å²) in [6, 6.07) is 12.4. The van der Waals surface area contributed by atoms with Gasteiger partial charge in [0, 0.05) is 25.2 Å². The Kier molecular flexibility index (Phi) is 4.15. The second kappa shape index (κ2) is 6.10. The van der Waals surface area contributed by atoms with Crippen LogP contribution in [0.2, 0.25) is 5.02 Å². The second-order valence-corrected chi connectivity index (χ2v) is 5.87. The molecule has 0 spiro atoms. The van der Waals surface area contributed by atoms with E-state index < -0.39 is 6.10 Å². The molecule has 0 saturated carbocycles. The van der Waals surface area contributed by atoms with Gasteiger partial charge in [0.2, 0.25) is 0 Å². The van der Waals surface area contributed by atoms with Crippen molar-refractivity contribution in [3.63, 3.8) is 0 Å². The van der Waals surface area contributed by atoms with Crippen molar-refractivity contribution in [3.8, 4) is 5.75 Å². The molecule has 0 fully saturated rings. The average Bonchev–Trinajstić information content (AvgIpc) is 2.77. The standard InChI is InChI=1S/C17H17ClN2O3/c1-19-14-8-7-13(9-15(14)20(2)17(19)22)23-10-16(21)11-3-5-12(18)6-4-11/h3-9,16,21H,10H2,1-2H3. The van der Waals surface area contributed by atoms with Gasteiger partial charge >= 0.3 is 5.69 Å². The van der Waals surface area contributed by atoms with Crippen molar-refractivity contribution >= 4 is 22.6 Å². The maximum Gasteiger partial charge on any atom is 0.328 e. The zero-order valence-corrected chi connectivity index (χ0v) is 13.6. The normalized spacial score (nSPS) is 12.5. The Morgan fingerprint density at radius 3 is 2.43 bits per heavy atom. The lowest BCUT2D eigenvalue weighted by atomic mass is 10.1. The van der Waals surface area contributed by atoms with Gasteiger partial charge in [0.1, 0.15) is 18.5 Å². The van der Waals surface area contributed by atoms with Crippen LogP contribution in [0, 0.1) is 0 Å². The molecule has 0 saturated heterocycles. The van der Waals surface area contributed by atoms with Crippen LogP contribution in [-0.2, 0) is 14.1 Å². The Hall–Kier alpha value is -2.24. The maximum atomic E-state index is 11.9. The van der Waals surface area contributed by atoms with Gasteiger partial charge in [-0.2, -0.15) is 0 Å². The summed E-state index contributed by atoms with van der Waals surface area (Å²) in [6.45, 7) is 0.119. The molecule has 1 unspecified atom stereocenters. The number of nitrogens with zero attached hydrogens (tertiary/aromatic N) is 2. The third-order valence-corrected chi connectivity index (χ3v) is 4.16. The number of halogens is 1. The summed E-state index contributed by atoms with van der Waals surface area (Å²) in [4.78, 5) is 11.9. The molecule has 5 nitrogen and oxygen atoms in total. The molecule has 23 heavy (non-hydrogen) atoms. The highest BCUT2D eigenvalue weighted by molar-refractivity contribution is 6.30. The average molecular weight is 333 g/mol. The van der Waals surface area contributed by atoms with Crippen LogP contribution in [0.3, 0.4) is 0 Å². The van der Waals surface area contributed by atoms with Crippen LogP contribution in [0.1, 0.15) is 11.7 Å². The zero-order chi connectivity index (χ0) is 16.6. The van der Waals surface area contributed by atoms with Crippen LogP contribution in [0.15, 0.2) is 47.3 Å². The summed E-state index contributed by atoms with van der Waals surface area (Å²) in [6.07, 6.45) is -0.748. The van der Waals surface area contributed by atoms with Crippen LogP contribution >= 0.6 is 11.6 Å². The number of hydrogen-bond acceptors (Lipinski definition) is 3. The Labute approximate surface area is 138 Å². The number of hydrogen-bond donors (Lipinski definition) is 1. The monoisotopic (exact) mass is 332 g/mol. The van der Waals surface area contributed by atoms with Crippen LogP contribution in [-0.4, -0.2) is 20.8 Å². The molecule has 0 bridgehead atoms. The highest BCUT2D eigenvalue weighted by atomic mass is 35.5. The smallest absolute Gasteiger partial charge is 0.328 e. The SMILES string of the molecule is Cn1c(=O)n(C)c2cc(OCC(O)c3ccc(Cl)cc3)ccc21. The molecular formula is C17H17ClN2O3. The Morgan fingerprint density at radius 1 is 1.09 bits per heavy atom. The molecule has 1 heterocycles. The van der Waals surface area contributed by atoms with Crippen LogP contribution in [0.4, 0.5) is 0 Å². The van der Waals surface area contributed by atoms with Gasteiger partial charge in [-0.3, -0.25) is 9.13 Å². The fourth-order valence-corrected chi connectivity index (χ4v) is 2.66. The van der Waals surface area contributed by atoms with Crippen molar-refractivity contribution < 1.29 is 9.84 Å². The van der Waals surface area contributed by atoms with Crippen molar-refractivity contribution in [2.45, 2.75) is 6.10 Å². The van der Waals surface area contributed by atoms with Crippen LogP contribution in [0.5, 0.6) is 5.75 Å². The van der Waals surface area contributed by atoms with E-state index in [9.17, 15) is 9.90 Å². The summed E-state index contributed by atoms with van der Waals surface area (Å²) in [7, 11) is 3.45. The van der Waals surface area contributed by atoms with E-state index in [4.69, 9.17) is 16.3 Å². The third-order valence-electron chi connectivity index (χ3n) is 3.91. The minimum Gasteiger partial charge on any atom is -0.490 e.